The van der Waals surface area contributed by atoms with Gasteiger partial charge in [-0.2, -0.15) is 5.10 Å². The number of rotatable bonds is 4. The fourth-order valence-corrected chi connectivity index (χ4v) is 4.13. The van der Waals surface area contributed by atoms with E-state index in [2.05, 4.69) is 24.3 Å². The van der Waals surface area contributed by atoms with Crippen LogP contribution in [0.3, 0.4) is 0 Å². The number of aryl methyl sites for hydroxylation is 1. The third-order valence-electron chi connectivity index (χ3n) is 5.14. The summed E-state index contributed by atoms with van der Waals surface area (Å²) in [5.74, 6) is 1.21. The van der Waals surface area contributed by atoms with Gasteiger partial charge in [-0.05, 0) is 54.3 Å². The molecule has 130 valence electrons. The van der Waals surface area contributed by atoms with Gasteiger partial charge in [-0.15, -0.1) is 0 Å². The maximum Gasteiger partial charge on any atom is 0.119 e. The number of β-amino-alcohol motifs (C(OH)–C–C–N with tert-alkyl or cyclic N) is 1. The van der Waals surface area contributed by atoms with Crippen molar-refractivity contribution < 1.29 is 9.84 Å². The van der Waals surface area contributed by atoms with E-state index in [0.29, 0.717) is 12.5 Å². The summed E-state index contributed by atoms with van der Waals surface area (Å²) in [6, 6.07) is 14.4. The first-order chi connectivity index (χ1) is 12.2. The van der Waals surface area contributed by atoms with Crippen molar-refractivity contribution in [1.29, 1.82) is 0 Å². The second-order valence-electron chi connectivity index (χ2n) is 6.54. The fourth-order valence-electron chi connectivity index (χ4n) is 4.00. The summed E-state index contributed by atoms with van der Waals surface area (Å²) >= 11 is 6.05. The van der Waals surface area contributed by atoms with Gasteiger partial charge in [-0.3, -0.25) is 5.01 Å². The molecule has 1 N–H and O–H groups in total. The number of fused-ring (bicyclic) bond motifs is 3. The highest BCUT2D eigenvalue weighted by Gasteiger charge is 2.41. The molecule has 0 bridgehead atoms. The third-order valence-corrected chi connectivity index (χ3v) is 5.40. The minimum atomic E-state index is 0.0864. The average molecular weight is 357 g/mol. The van der Waals surface area contributed by atoms with Crippen molar-refractivity contribution in [3.8, 4) is 5.75 Å². The number of methoxy groups -OCH3 is 1. The quantitative estimate of drug-likeness (QED) is 0.909. The highest BCUT2D eigenvalue weighted by Crippen LogP contribution is 2.43. The lowest BCUT2D eigenvalue weighted by atomic mass is 9.77. The molecule has 1 heterocycles. The molecular weight excluding hydrogens is 336 g/mol. The minimum Gasteiger partial charge on any atom is -0.497 e. The summed E-state index contributed by atoms with van der Waals surface area (Å²) in [6.07, 6.45) is 2.04. The van der Waals surface area contributed by atoms with Crippen LogP contribution >= 0.6 is 11.6 Å². The Hall–Kier alpha value is -2.04. The molecule has 0 radical (unpaired) electrons. The number of nitrogens with zero attached hydrogens (tertiary/aromatic N) is 2. The Morgan fingerprint density at radius 3 is 2.76 bits per heavy atom. The topological polar surface area (TPSA) is 45.1 Å². The van der Waals surface area contributed by atoms with Crippen molar-refractivity contribution in [2.24, 2.45) is 11.0 Å². The Morgan fingerprint density at radius 1 is 1.24 bits per heavy atom. The molecule has 0 fully saturated rings. The molecule has 1 aliphatic heterocycles. The van der Waals surface area contributed by atoms with Crippen LogP contribution in [0, 0.1) is 5.92 Å². The fraction of sp³-hybridized carbons (Fsp3) is 0.350. The molecule has 0 saturated heterocycles. The third kappa shape index (κ3) is 2.90. The normalized spacial score (nSPS) is 21.6. The first-order valence-electron chi connectivity index (χ1n) is 8.60. The van der Waals surface area contributed by atoms with Crippen LogP contribution in [0.4, 0.5) is 0 Å². The highest BCUT2D eigenvalue weighted by molar-refractivity contribution is 6.30. The van der Waals surface area contributed by atoms with Gasteiger partial charge in [0.25, 0.3) is 0 Å². The van der Waals surface area contributed by atoms with Crippen molar-refractivity contribution in [2.75, 3.05) is 20.3 Å². The van der Waals surface area contributed by atoms with Crippen molar-refractivity contribution in [3.05, 3.63) is 64.2 Å². The zero-order chi connectivity index (χ0) is 17.4. The van der Waals surface area contributed by atoms with Gasteiger partial charge in [0.1, 0.15) is 5.75 Å². The van der Waals surface area contributed by atoms with E-state index in [1.807, 2.05) is 23.2 Å². The molecule has 2 aliphatic rings. The summed E-state index contributed by atoms with van der Waals surface area (Å²) in [5.41, 5.74) is 4.81. The predicted molar refractivity (Wildman–Crippen MR) is 99.3 cm³/mol. The van der Waals surface area contributed by atoms with Crippen molar-refractivity contribution in [3.63, 3.8) is 0 Å². The summed E-state index contributed by atoms with van der Waals surface area (Å²) < 4.78 is 5.36. The molecule has 0 saturated carbocycles. The predicted octanol–water partition coefficient (Wildman–Crippen LogP) is 3.66. The Balaban J connectivity index is 1.73. The van der Waals surface area contributed by atoms with Gasteiger partial charge in [0.05, 0.1) is 32.0 Å². The smallest absolute Gasteiger partial charge is 0.119 e. The van der Waals surface area contributed by atoms with Gasteiger partial charge in [-0.1, -0.05) is 23.7 Å². The molecular formula is C20H21ClN2O2. The molecule has 0 spiro atoms. The number of ether oxygens (including phenoxy) is 1. The van der Waals surface area contributed by atoms with E-state index in [4.69, 9.17) is 21.4 Å². The monoisotopic (exact) mass is 356 g/mol. The summed E-state index contributed by atoms with van der Waals surface area (Å²) in [7, 11) is 1.69. The van der Waals surface area contributed by atoms with Crippen molar-refractivity contribution in [2.45, 2.75) is 18.9 Å². The largest absolute Gasteiger partial charge is 0.497 e. The van der Waals surface area contributed by atoms with Crippen LogP contribution in [0.2, 0.25) is 5.02 Å². The first-order valence-corrected chi connectivity index (χ1v) is 8.98. The number of aliphatic hydroxyl groups excluding tert-OH is 1. The van der Waals surface area contributed by atoms with E-state index >= 15 is 0 Å². The number of hydrazone groups is 1. The number of benzene rings is 2. The van der Waals surface area contributed by atoms with Crippen LogP contribution in [0.25, 0.3) is 0 Å². The average Bonchev–Trinajstić information content (AvgIpc) is 3.00. The van der Waals surface area contributed by atoms with Crippen LogP contribution in [-0.2, 0) is 6.42 Å². The van der Waals surface area contributed by atoms with E-state index in [1.54, 1.807) is 7.11 Å². The molecule has 0 aromatic heterocycles. The molecule has 2 unspecified atom stereocenters. The zero-order valence-electron chi connectivity index (χ0n) is 14.2. The van der Waals surface area contributed by atoms with Gasteiger partial charge >= 0.3 is 0 Å². The molecule has 1 aliphatic carbocycles. The number of hydrogen-bond acceptors (Lipinski definition) is 4. The Kier molecular flexibility index (Phi) is 4.40. The second kappa shape index (κ2) is 6.70. The van der Waals surface area contributed by atoms with E-state index in [-0.39, 0.29) is 12.6 Å². The lowest BCUT2D eigenvalue weighted by Gasteiger charge is -2.30. The Labute approximate surface area is 152 Å². The SMILES string of the molecule is COc1ccc2c(c1)CCC1C2=NN(CCO)C1c1ccc(Cl)cc1. The van der Waals surface area contributed by atoms with Gasteiger partial charge in [0.15, 0.2) is 0 Å². The summed E-state index contributed by atoms with van der Waals surface area (Å²) in [5, 5.41) is 17.1. The Morgan fingerprint density at radius 2 is 2.04 bits per heavy atom. The van der Waals surface area contributed by atoms with Crippen LogP contribution in [-0.4, -0.2) is 36.1 Å². The molecule has 2 aromatic rings. The number of hydrogen-bond donors (Lipinski definition) is 1. The lowest BCUT2D eigenvalue weighted by Crippen LogP contribution is -2.30. The number of aliphatic hydroxyl groups is 1. The van der Waals surface area contributed by atoms with Crippen molar-refractivity contribution >= 4 is 17.3 Å². The molecule has 4 nitrogen and oxygen atoms in total. The lowest BCUT2D eigenvalue weighted by molar-refractivity contribution is 0.152. The van der Waals surface area contributed by atoms with Gasteiger partial charge in [0, 0.05) is 16.5 Å². The van der Waals surface area contributed by atoms with Gasteiger partial charge < -0.3 is 9.84 Å². The second-order valence-corrected chi connectivity index (χ2v) is 6.97. The molecule has 2 aromatic carbocycles. The Bertz CT molecular complexity index is 804. The first kappa shape index (κ1) is 16.4. The summed E-state index contributed by atoms with van der Waals surface area (Å²) in [4.78, 5) is 0. The van der Waals surface area contributed by atoms with E-state index in [9.17, 15) is 5.11 Å². The summed E-state index contributed by atoms with van der Waals surface area (Å²) in [6.45, 7) is 0.613. The van der Waals surface area contributed by atoms with Crippen molar-refractivity contribution in [1.82, 2.24) is 5.01 Å². The molecule has 4 rings (SSSR count). The minimum absolute atomic E-state index is 0.0864. The van der Waals surface area contributed by atoms with Crippen LogP contribution < -0.4 is 4.74 Å². The van der Waals surface area contributed by atoms with E-state index in [1.165, 1.54) is 16.7 Å². The number of halogens is 1. The van der Waals surface area contributed by atoms with E-state index in [0.717, 1.165) is 29.3 Å². The molecule has 2 atom stereocenters. The van der Waals surface area contributed by atoms with E-state index < -0.39 is 0 Å². The van der Waals surface area contributed by atoms with Gasteiger partial charge in [-0.25, -0.2) is 0 Å². The standard InChI is InChI=1S/C20H21ClN2O2/c1-25-16-7-9-17-14(12-16)4-8-18-19(17)22-23(10-11-24)20(18)13-2-5-15(21)6-3-13/h2-3,5-7,9,12,18,20,24H,4,8,10-11H2,1H3. The molecule has 0 amide bonds. The zero-order valence-corrected chi connectivity index (χ0v) is 14.9. The maximum atomic E-state index is 9.48. The highest BCUT2D eigenvalue weighted by atomic mass is 35.5. The van der Waals surface area contributed by atoms with Gasteiger partial charge in [0.2, 0.25) is 0 Å². The van der Waals surface area contributed by atoms with Crippen LogP contribution in [0.5, 0.6) is 5.75 Å². The molecule has 25 heavy (non-hydrogen) atoms. The van der Waals surface area contributed by atoms with Crippen LogP contribution in [0.15, 0.2) is 47.6 Å². The molecule has 5 heteroatoms. The van der Waals surface area contributed by atoms with Crippen LogP contribution in [0.1, 0.15) is 29.2 Å². The maximum absolute atomic E-state index is 9.48.